The maximum atomic E-state index is 12.0. The molecule has 0 saturated carbocycles. The second-order valence-corrected chi connectivity index (χ2v) is 6.73. The molecule has 0 saturated heterocycles. The molecule has 26 heavy (non-hydrogen) atoms. The fourth-order valence-corrected chi connectivity index (χ4v) is 2.84. The quantitative estimate of drug-likeness (QED) is 0.665. The number of carbonyl (C=O) groups is 1. The zero-order chi connectivity index (χ0) is 18.8. The van der Waals surface area contributed by atoms with Crippen molar-refractivity contribution in [1.29, 1.82) is 0 Å². The number of carbonyl (C=O) groups excluding carboxylic acids is 1. The average molecular weight is 354 g/mol. The molecule has 0 bridgehead atoms. The lowest BCUT2D eigenvalue weighted by molar-refractivity contribution is -0.121. The summed E-state index contributed by atoms with van der Waals surface area (Å²) in [6, 6.07) is 16.3. The minimum absolute atomic E-state index is 0.0703. The van der Waals surface area contributed by atoms with Crippen molar-refractivity contribution in [3.05, 3.63) is 65.2 Å². The predicted molar refractivity (Wildman–Crippen MR) is 107 cm³/mol. The molecule has 0 fully saturated rings. The summed E-state index contributed by atoms with van der Waals surface area (Å²) in [4.78, 5) is 14.1. The van der Waals surface area contributed by atoms with Crippen LogP contribution in [0.4, 0.5) is 0 Å². The van der Waals surface area contributed by atoms with Crippen molar-refractivity contribution in [1.82, 2.24) is 10.2 Å². The first-order valence-electron chi connectivity index (χ1n) is 9.24. The van der Waals surface area contributed by atoms with Crippen molar-refractivity contribution in [2.24, 2.45) is 0 Å². The molecule has 2 aromatic rings. The topological polar surface area (TPSA) is 41.6 Å². The van der Waals surface area contributed by atoms with Crippen LogP contribution in [0, 0.1) is 13.8 Å². The number of nitrogens with zero attached hydrogens (tertiary/aromatic N) is 1. The number of hydrogen-bond donors (Lipinski definition) is 1. The molecule has 1 amide bonds. The van der Waals surface area contributed by atoms with E-state index in [2.05, 4.69) is 24.4 Å². The zero-order valence-electron chi connectivity index (χ0n) is 16.1. The molecule has 0 radical (unpaired) electrons. The van der Waals surface area contributed by atoms with E-state index in [-0.39, 0.29) is 5.91 Å². The molecule has 1 N–H and O–H groups in total. The Labute approximate surface area is 157 Å². The number of ether oxygens (including phenoxy) is 1. The van der Waals surface area contributed by atoms with E-state index >= 15 is 0 Å². The third-order valence-corrected chi connectivity index (χ3v) is 4.43. The van der Waals surface area contributed by atoms with Gasteiger partial charge in [-0.1, -0.05) is 42.5 Å². The van der Waals surface area contributed by atoms with E-state index in [0.29, 0.717) is 19.7 Å². The van der Waals surface area contributed by atoms with Gasteiger partial charge in [0.1, 0.15) is 5.75 Å². The first-order chi connectivity index (χ1) is 12.6. The first-order valence-corrected chi connectivity index (χ1v) is 9.24. The van der Waals surface area contributed by atoms with E-state index in [1.165, 1.54) is 11.1 Å². The minimum Gasteiger partial charge on any atom is -0.493 e. The zero-order valence-corrected chi connectivity index (χ0v) is 16.1. The van der Waals surface area contributed by atoms with Gasteiger partial charge in [0.25, 0.3) is 0 Å². The summed E-state index contributed by atoms with van der Waals surface area (Å²) in [6.45, 7) is 6.72. The summed E-state index contributed by atoms with van der Waals surface area (Å²) in [5, 5.41) is 3.00. The van der Waals surface area contributed by atoms with Gasteiger partial charge < -0.3 is 10.1 Å². The van der Waals surface area contributed by atoms with Gasteiger partial charge in [0, 0.05) is 13.1 Å². The van der Waals surface area contributed by atoms with Crippen molar-refractivity contribution in [3.63, 3.8) is 0 Å². The fourth-order valence-electron chi connectivity index (χ4n) is 2.84. The highest BCUT2D eigenvalue weighted by Crippen LogP contribution is 2.16. The van der Waals surface area contributed by atoms with E-state index in [0.717, 1.165) is 30.7 Å². The highest BCUT2D eigenvalue weighted by Gasteiger charge is 2.07. The Morgan fingerprint density at radius 2 is 1.73 bits per heavy atom. The number of benzene rings is 2. The number of hydrogen-bond acceptors (Lipinski definition) is 3. The second kappa shape index (κ2) is 10.6. The normalized spacial score (nSPS) is 10.8. The summed E-state index contributed by atoms with van der Waals surface area (Å²) in [5.74, 6) is 1.00. The molecule has 0 heterocycles. The van der Waals surface area contributed by atoms with Crippen molar-refractivity contribution >= 4 is 5.91 Å². The van der Waals surface area contributed by atoms with Crippen LogP contribution >= 0.6 is 0 Å². The lowest BCUT2D eigenvalue weighted by Gasteiger charge is -2.17. The van der Waals surface area contributed by atoms with Crippen LogP contribution in [-0.2, 0) is 11.2 Å². The molecule has 140 valence electrons. The molecule has 2 rings (SSSR count). The number of rotatable bonds is 10. The number of likely N-dealkylation sites (N-methyl/N-ethyl adjacent to an activating group) is 1. The number of amides is 1. The summed E-state index contributed by atoms with van der Waals surface area (Å²) in [5.41, 5.74) is 3.70. The Kier molecular flexibility index (Phi) is 8.16. The van der Waals surface area contributed by atoms with Crippen LogP contribution in [0.1, 0.15) is 23.1 Å². The van der Waals surface area contributed by atoms with Crippen LogP contribution in [0.3, 0.4) is 0 Å². The third-order valence-electron chi connectivity index (χ3n) is 4.43. The molecule has 0 unspecified atom stereocenters. The standard InChI is InChI=1S/C22H30N2O2/c1-18-9-4-6-11-20(18)13-14-23-22(25)17-24(3)15-8-16-26-21-12-7-5-10-19(21)2/h4-7,9-12H,8,13-17H2,1-3H3,(H,23,25). The van der Waals surface area contributed by atoms with Crippen LogP contribution in [0.2, 0.25) is 0 Å². The molecular weight excluding hydrogens is 324 g/mol. The van der Waals surface area contributed by atoms with Gasteiger partial charge in [-0.25, -0.2) is 0 Å². The summed E-state index contributed by atoms with van der Waals surface area (Å²) in [6.07, 6.45) is 1.76. The highest BCUT2D eigenvalue weighted by molar-refractivity contribution is 5.77. The van der Waals surface area contributed by atoms with Crippen LogP contribution in [0.25, 0.3) is 0 Å². The molecule has 0 aliphatic rings. The van der Waals surface area contributed by atoms with Crippen molar-refractivity contribution in [3.8, 4) is 5.75 Å². The van der Waals surface area contributed by atoms with Gasteiger partial charge in [-0.2, -0.15) is 0 Å². The molecule has 0 aliphatic carbocycles. The maximum absolute atomic E-state index is 12.0. The third kappa shape index (κ3) is 6.89. The fraction of sp³-hybridized carbons (Fsp3) is 0.409. The van der Waals surface area contributed by atoms with E-state index in [9.17, 15) is 4.79 Å². The Morgan fingerprint density at radius 1 is 1.04 bits per heavy atom. The SMILES string of the molecule is Cc1ccccc1CCNC(=O)CN(C)CCCOc1ccccc1C. The number of para-hydroxylation sites is 1. The lowest BCUT2D eigenvalue weighted by atomic mass is 10.1. The molecular formula is C22H30N2O2. The monoisotopic (exact) mass is 354 g/mol. The largest absolute Gasteiger partial charge is 0.493 e. The van der Waals surface area contributed by atoms with Crippen molar-refractivity contribution in [2.75, 3.05) is 33.3 Å². The second-order valence-electron chi connectivity index (χ2n) is 6.73. The van der Waals surface area contributed by atoms with E-state index in [1.54, 1.807) is 0 Å². The summed E-state index contributed by atoms with van der Waals surface area (Å²) < 4.78 is 5.79. The predicted octanol–water partition coefficient (Wildman–Crippen LogP) is 3.36. The molecule has 4 nitrogen and oxygen atoms in total. The molecule has 0 aliphatic heterocycles. The maximum Gasteiger partial charge on any atom is 0.234 e. The van der Waals surface area contributed by atoms with Gasteiger partial charge in [-0.15, -0.1) is 0 Å². The minimum atomic E-state index is 0.0703. The van der Waals surface area contributed by atoms with Crippen LogP contribution < -0.4 is 10.1 Å². The molecule has 0 atom stereocenters. The van der Waals surface area contributed by atoms with Gasteiger partial charge in [0.05, 0.1) is 13.2 Å². The molecule has 2 aromatic carbocycles. The smallest absolute Gasteiger partial charge is 0.234 e. The van der Waals surface area contributed by atoms with E-state index in [1.807, 2.05) is 55.3 Å². The van der Waals surface area contributed by atoms with Gasteiger partial charge in [0.2, 0.25) is 5.91 Å². The molecule has 4 heteroatoms. The lowest BCUT2D eigenvalue weighted by Crippen LogP contribution is -2.36. The van der Waals surface area contributed by atoms with Gasteiger partial charge in [-0.3, -0.25) is 9.69 Å². The summed E-state index contributed by atoms with van der Waals surface area (Å²) in [7, 11) is 1.97. The van der Waals surface area contributed by atoms with Gasteiger partial charge >= 0.3 is 0 Å². The Morgan fingerprint density at radius 3 is 2.46 bits per heavy atom. The number of aryl methyl sites for hydroxylation is 2. The molecule has 0 spiro atoms. The van der Waals surface area contributed by atoms with Crippen molar-refractivity contribution in [2.45, 2.75) is 26.7 Å². The number of nitrogens with one attached hydrogen (secondary N) is 1. The summed E-state index contributed by atoms with van der Waals surface area (Å²) >= 11 is 0. The van der Waals surface area contributed by atoms with Gasteiger partial charge in [0.15, 0.2) is 0 Å². The Balaban J connectivity index is 1.58. The van der Waals surface area contributed by atoms with E-state index < -0.39 is 0 Å². The van der Waals surface area contributed by atoms with Crippen LogP contribution in [0.5, 0.6) is 5.75 Å². The van der Waals surface area contributed by atoms with Crippen LogP contribution in [0.15, 0.2) is 48.5 Å². The van der Waals surface area contributed by atoms with Gasteiger partial charge in [-0.05, 0) is 56.5 Å². The molecule has 0 aromatic heterocycles. The van der Waals surface area contributed by atoms with Crippen LogP contribution in [-0.4, -0.2) is 44.1 Å². The Hall–Kier alpha value is -2.33. The Bertz CT molecular complexity index is 700. The van der Waals surface area contributed by atoms with Crippen molar-refractivity contribution < 1.29 is 9.53 Å². The van der Waals surface area contributed by atoms with E-state index in [4.69, 9.17) is 4.74 Å². The first kappa shape index (κ1) is 20.0. The average Bonchev–Trinajstić information content (AvgIpc) is 2.62. The highest BCUT2D eigenvalue weighted by atomic mass is 16.5.